The summed E-state index contributed by atoms with van der Waals surface area (Å²) in [5.74, 6) is 2.45. The van der Waals surface area contributed by atoms with Gasteiger partial charge in [-0.2, -0.15) is 0 Å². The summed E-state index contributed by atoms with van der Waals surface area (Å²) >= 11 is 0. The van der Waals surface area contributed by atoms with E-state index in [1.807, 2.05) is 0 Å². The van der Waals surface area contributed by atoms with Crippen molar-refractivity contribution in [2.24, 2.45) is 5.92 Å². The first-order chi connectivity index (χ1) is 8.79. The van der Waals surface area contributed by atoms with E-state index in [0.717, 1.165) is 24.3 Å². The number of rotatable bonds is 3. The van der Waals surface area contributed by atoms with E-state index in [9.17, 15) is 4.79 Å². The van der Waals surface area contributed by atoms with Gasteiger partial charge in [-0.15, -0.1) is 0 Å². The van der Waals surface area contributed by atoms with Crippen LogP contribution in [0.25, 0.3) is 0 Å². The number of fused-ring (bicyclic) bond motifs is 2. The van der Waals surface area contributed by atoms with E-state index in [1.54, 1.807) is 0 Å². The first-order valence-corrected chi connectivity index (χ1v) is 6.27. The Labute approximate surface area is 106 Å². The zero-order valence-electron chi connectivity index (χ0n) is 10.3. The molecule has 1 aromatic rings. The molecule has 1 heterocycles. The SMILES string of the molecule is CC1c2cc3c(cc2CCC1COC=O)OCO3. The molecule has 0 fully saturated rings. The zero-order chi connectivity index (χ0) is 12.5. The van der Waals surface area contributed by atoms with Gasteiger partial charge in [0.05, 0.1) is 6.61 Å². The quantitative estimate of drug-likeness (QED) is 0.770. The largest absolute Gasteiger partial charge is 0.468 e. The number of hydrogen-bond donors (Lipinski definition) is 0. The highest BCUT2D eigenvalue weighted by molar-refractivity contribution is 5.50. The third-order valence-corrected chi connectivity index (χ3v) is 3.99. The molecule has 18 heavy (non-hydrogen) atoms. The molecular weight excluding hydrogens is 232 g/mol. The second-order valence-corrected chi connectivity index (χ2v) is 4.92. The average molecular weight is 248 g/mol. The Hall–Kier alpha value is -1.71. The van der Waals surface area contributed by atoms with E-state index < -0.39 is 0 Å². The van der Waals surface area contributed by atoms with Crippen molar-refractivity contribution in [2.75, 3.05) is 13.4 Å². The Kier molecular flexibility index (Phi) is 2.86. The predicted molar refractivity (Wildman–Crippen MR) is 64.8 cm³/mol. The molecule has 4 heteroatoms. The van der Waals surface area contributed by atoms with Crippen LogP contribution in [0, 0.1) is 5.92 Å². The highest BCUT2D eigenvalue weighted by Crippen LogP contribution is 2.43. The highest BCUT2D eigenvalue weighted by atomic mass is 16.7. The maximum atomic E-state index is 10.3. The summed E-state index contributed by atoms with van der Waals surface area (Å²) in [5, 5.41) is 0. The summed E-state index contributed by atoms with van der Waals surface area (Å²) in [6, 6.07) is 4.17. The Balaban J connectivity index is 1.88. The highest BCUT2D eigenvalue weighted by Gasteiger charge is 2.29. The van der Waals surface area contributed by atoms with Crippen molar-refractivity contribution in [3.05, 3.63) is 23.3 Å². The maximum Gasteiger partial charge on any atom is 0.293 e. The first-order valence-electron chi connectivity index (χ1n) is 6.27. The van der Waals surface area contributed by atoms with Crippen LogP contribution in [0.15, 0.2) is 12.1 Å². The van der Waals surface area contributed by atoms with Crippen LogP contribution >= 0.6 is 0 Å². The predicted octanol–water partition coefficient (Wildman–Crippen LogP) is 2.25. The standard InChI is InChI=1S/C14H16O4/c1-9-11(6-16-7-15)3-2-10-4-13-14(5-12(9)10)18-8-17-13/h4-5,7,9,11H,2-3,6,8H2,1H3. The minimum Gasteiger partial charge on any atom is -0.468 e. The van der Waals surface area contributed by atoms with E-state index in [1.165, 1.54) is 11.1 Å². The molecule has 0 bridgehead atoms. The van der Waals surface area contributed by atoms with Crippen LogP contribution in [-0.4, -0.2) is 19.9 Å². The Morgan fingerprint density at radius 3 is 2.94 bits per heavy atom. The van der Waals surface area contributed by atoms with Gasteiger partial charge in [0.25, 0.3) is 6.47 Å². The lowest BCUT2D eigenvalue weighted by molar-refractivity contribution is -0.130. The lowest BCUT2D eigenvalue weighted by Gasteiger charge is -2.30. The molecule has 0 aromatic heterocycles. The number of hydrogen-bond acceptors (Lipinski definition) is 4. The van der Waals surface area contributed by atoms with E-state index in [-0.39, 0.29) is 0 Å². The number of carbonyl (C=O) groups excluding carboxylic acids is 1. The van der Waals surface area contributed by atoms with Gasteiger partial charge in [0.2, 0.25) is 6.79 Å². The lowest BCUT2D eigenvalue weighted by atomic mass is 9.76. The molecule has 2 unspecified atom stereocenters. The van der Waals surface area contributed by atoms with E-state index in [4.69, 9.17) is 14.2 Å². The fraction of sp³-hybridized carbons (Fsp3) is 0.500. The fourth-order valence-corrected chi connectivity index (χ4v) is 2.88. The Morgan fingerprint density at radius 2 is 2.17 bits per heavy atom. The van der Waals surface area contributed by atoms with Crippen LogP contribution in [0.4, 0.5) is 0 Å². The summed E-state index contributed by atoms with van der Waals surface area (Å²) < 4.78 is 15.7. The first kappa shape index (κ1) is 11.4. The molecular formula is C14H16O4. The number of benzene rings is 1. The normalized spacial score (nSPS) is 24.5. The van der Waals surface area contributed by atoms with Gasteiger partial charge in [-0.3, -0.25) is 4.79 Å². The number of aryl methyl sites for hydroxylation is 1. The van der Waals surface area contributed by atoms with E-state index in [2.05, 4.69) is 19.1 Å². The molecule has 2 aliphatic rings. The zero-order valence-corrected chi connectivity index (χ0v) is 10.3. The maximum absolute atomic E-state index is 10.3. The minimum atomic E-state index is 0.310. The molecule has 0 saturated carbocycles. The molecule has 0 amide bonds. The van der Waals surface area contributed by atoms with Gasteiger partial charge in [0.15, 0.2) is 11.5 Å². The summed E-state index contributed by atoms with van der Waals surface area (Å²) in [4.78, 5) is 10.3. The van der Waals surface area contributed by atoms with Crippen molar-refractivity contribution >= 4 is 6.47 Å². The average Bonchev–Trinajstić information content (AvgIpc) is 2.83. The number of ether oxygens (including phenoxy) is 3. The lowest BCUT2D eigenvalue weighted by Crippen LogP contribution is -2.22. The van der Waals surface area contributed by atoms with Crippen molar-refractivity contribution < 1.29 is 19.0 Å². The van der Waals surface area contributed by atoms with Crippen LogP contribution in [-0.2, 0) is 16.0 Å². The Morgan fingerprint density at radius 1 is 1.39 bits per heavy atom. The minimum absolute atomic E-state index is 0.310. The van der Waals surface area contributed by atoms with Gasteiger partial charge < -0.3 is 14.2 Å². The topological polar surface area (TPSA) is 44.8 Å². The molecule has 4 nitrogen and oxygen atoms in total. The second kappa shape index (κ2) is 4.52. The van der Waals surface area contributed by atoms with Crippen molar-refractivity contribution in [1.82, 2.24) is 0 Å². The molecule has 96 valence electrons. The summed E-state index contributed by atoms with van der Waals surface area (Å²) in [6.45, 7) is 3.52. The molecule has 0 N–H and O–H groups in total. The number of carbonyl (C=O) groups is 1. The van der Waals surface area contributed by atoms with Crippen LogP contribution < -0.4 is 9.47 Å². The fourth-order valence-electron chi connectivity index (χ4n) is 2.88. The van der Waals surface area contributed by atoms with Crippen molar-refractivity contribution in [3.8, 4) is 11.5 Å². The molecule has 1 aromatic carbocycles. The van der Waals surface area contributed by atoms with Crippen molar-refractivity contribution in [3.63, 3.8) is 0 Å². The molecule has 3 rings (SSSR count). The van der Waals surface area contributed by atoms with E-state index >= 15 is 0 Å². The summed E-state index contributed by atoms with van der Waals surface area (Å²) in [5.41, 5.74) is 2.62. The van der Waals surface area contributed by atoms with Crippen molar-refractivity contribution in [1.29, 1.82) is 0 Å². The smallest absolute Gasteiger partial charge is 0.293 e. The van der Waals surface area contributed by atoms with Gasteiger partial charge in [-0.05, 0) is 42.0 Å². The van der Waals surface area contributed by atoms with Gasteiger partial charge in [0.1, 0.15) is 0 Å². The molecule has 0 spiro atoms. The van der Waals surface area contributed by atoms with Crippen LogP contribution in [0.5, 0.6) is 11.5 Å². The van der Waals surface area contributed by atoms with E-state index in [0.29, 0.717) is 31.7 Å². The second-order valence-electron chi connectivity index (χ2n) is 4.92. The van der Waals surface area contributed by atoms with Crippen LogP contribution in [0.2, 0.25) is 0 Å². The molecule has 0 radical (unpaired) electrons. The third-order valence-electron chi connectivity index (χ3n) is 3.99. The molecule has 1 aliphatic carbocycles. The van der Waals surface area contributed by atoms with Crippen LogP contribution in [0.1, 0.15) is 30.4 Å². The summed E-state index contributed by atoms with van der Waals surface area (Å²) in [7, 11) is 0. The van der Waals surface area contributed by atoms with Gasteiger partial charge in [0, 0.05) is 5.92 Å². The third kappa shape index (κ3) is 1.82. The van der Waals surface area contributed by atoms with Gasteiger partial charge >= 0.3 is 0 Å². The van der Waals surface area contributed by atoms with Gasteiger partial charge in [-0.25, -0.2) is 0 Å². The molecule has 0 saturated heterocycles. The molecule has 2 atom stereocenters. The summed E-state index contributed by atoms with van der Waals surface area (Å²) in [6.07, 6.45) is 2.05. The molecule has 1 aliphatic heterocycles. The van der Waals surface area contributed by atoms with Gasteiger partial charge in [-0.1, -0.05) is 6.92 Å². The van der Waals surface area contributed by atoms with Crippen molar-refractivity contribution in [2.45, 2.75) is 25.7 Å². The van der Waals surface area contributed by atoms with Crippen LogP contribution in [0.3, 0.4) is 0 Å². The monoisotopic (exact) mass is 248 g/mol. The Bertz CT molecular complexity index is 469.